The number of hydrogen-bond acceptors (Lipinski definition) is 0. The van der Waals surface area contributed by atoms with Crippen molar-refractivity contribution in [1.82, 2.24) is 8.97 Å². The molecule has 196 valence electrons. The summed E-state index contributed by atoms with van der Waals surface area (Å²) in [4.78, 5) is 0. The lowest BCUT2D eigenvalue weighted by Gasteiger charge is -2.17. The van der Waals surface area contributed by atoms with E-state index in [1.165, 1.54) is 65.5 Å². The zero-order chi connectivity index (χ0) is 27.6. The fourth-order valence-corrected chi connectivity index (χ4v) is 6.90. The van der Waals surface area contributed by atoms with Gasteiger partial charge in [-0.05, 0) is 58.3 Å². The molecule has 0 saturated carbocycles. The maximum atomic E-state index is 2.46. The second-order valence-corrected chi connectivity index (χ2v) is 11.0. The molecule has 0 aliphatic heterocycles. The minimum Gasteiger partial charge on any atom is -0.308 e. The predicted molar refractivity (Wildman–Crippen MR) is 179 cm³/mol. The Labute approximate surface area is 243 Å². The van der Waals surface area contributed by atoms with Gasteiger partial charge in [-0.3, -0.25) is 0 Å². The van der Waals surface area contributed by atoms with E-state index in [1.807, 2.05) is 0 Å². The molecule has 2 heterocycles. The lowest BCUT2D eigenvalue weighted by molar-refractivity contribution is 1.16. The molecule has 2 heteroatoms. The van der Waals surface area contributed by atoms with Crippen LogP contribution in [0.25, 0.3) is 76.7 Å². The number of fused-ring (bicyclic) bond motifs is 8. The van der Waals surface area contributed by atoms with Gasteiger partial charge in [-0.15, -0.1) is 0 Å². The van der Waals surface area contributed by atoms with Crippen molar-refractivity contribution >= 4 is 59.9 Å². The summed E-state index contributed by atoms with van der Waals surface area (Å²) in [7, 11) is 0. The van der Waals surface area contributed by atoms with Crippen LogP contribution in [0.2, 0.25) is 0 Å². The van der Waals surface area contributed by atoms with E-state index < -0.39 is 0 Å². The normalized spacial score (nSPS) is 11.8. The van der Waals surface area contributed by atoms with Gasteiger partial charge in [-0.25, -0.2) is 0 Å². The third-order valence-corrected chi connectivity index (χ3v) is 8.72. The molecule has 0 bridgehead atoms. The first-order valence-electron chi connectivity index (χ1n) is 14.5. The highest BCUT2D eigenvalue weighted by molar-refractivity contribution is 6.20. The van der Waals surface area contributed by atoms with Crippen molar-refractivity contribution in [3.8, 4) is 16.8 Å². The van der Waals surface area contributed by atoms with Gasteiger partial charge in [0.15, 0.2) is 0 Å². The monoisotopic (exact) mass is 534 g/mol. The van der Waals surface area contributed by atoms with Crippen LogP contribution in [0, 0.1) is 0 Å². The second-order valence-electron chi connectivity index (χ2n) is 11.0. The molecule has 0 N–H and O–H groups in total. The van der Waals surface area contributed by atoms with Crippen molar-refractivity contribution in [3.63, 3.8) is 0 Å². The van der Waals surface area contributed by atoms with Crippen LogP contribution in [0.5, 0.6) is 0 Å². The highest BCUT2D eigenvalue weighted by atomic mass is 15.0. The molecule has 2 nitrogen and oxygen atoms in total. The topological polar surface area (TPSA) is 9.34 Å². The van der Waals surface area contributed by atoms with Gasteiger partial charge in [0, 0.05) is 27.2 Å². The summed E-state index contributed by atoms with van der Waals surface area (Å²) >= 11 is 0. The first-order chi connectivity index (χ1) is 20.9. The third-order valence-electron chi connectivity index (χ3n) is 8.72. The third kappa shape index (κ3) is 3.27. The molecule has 2 aromatic heterocycles. The summed E-state index contributed by atoms with van der Waals surface area (Å²) in [5, 5.41) is 7.55. The summed E-state index contributed by atoms with van der Waals surface area (Å²) in [6.07, 6.45) is 0. The van der Waals surface area contributed by atoms with Crippen molar-refractivity contribution in [1.29, 1.82) is 0 Å². The standard InChI is InChI=1S/C40H26N2/c1-2-13-30-27(11-1)12-9-16-31(30)28-23-25-29(26-24-28)41-36-19-5-3-14-32(36)34-17-10-18-35-33-15-4-6-20-37(33)42(40(34)35)39-22-8-7-21-38(39)41/h1-26H. The molecule has 9 rings (SSSR count). The predicted octanol–water partition coefficient (Wildman–Crippen LogP) is 10.7. The summed E-state index contributed by atoms with van der Waals surface area (Å²) in [6.45, 7) is 0. The smallest absolute Gasteiger partial charge is 0.0703 e. The first-order valence-corrected chi connectivity index (χ1v) is 14.5. The van der Waals surface area contributed by atoms with E-state index in [1.54, 1.807) is 0 Å². The number of aromatic nitrogens is 2. The van der Waals surface area contributed by atoms with Crippen LogP contribution in [-0.4, -0.2) is 8.97 Å². The molecule has 7 aromatic carbocycles. The van der Waals surface area contributed by atoms with E-state index in [9.17, 15) is 0 Å². The maximum absolute atomic E-state index is 2.46. The van der Waals surface area contributed by atoms with E-state index >= 15 is 0 Å². The fraction of sp³-hybridized carbons (Fsp3) is 0. The lowest BCUT2D eigenvalue weighted by atomic mass is 9.98. The zero-order valence-electron chi connectivity index (χ0n) is 22.9. The van der Waals surface area contributed by atoms with Crippen LogP contribution in [0.1, 0.15) is 0 Å². The molecular formula is C40H26N2. The van der Waals surface area contributed by atoms with Crippen molar-refractivity contribution in [2.45, 2.75) is 0 Å². The number of hydrogen-bond donors (Lipinski definition) is 0. The molecule has 0 amide bonds. The minimum atomic E-state index is 1.13. The summed E-state index contributed by atoms with van der Waals surface area (Å²) < 4.78 is 4.89. The average Bonchev–Trinajstić information content (AvgIpc) is 3.39. The Morgan fingerprint density at radius 2 is 0.857 bits per heavy atom. The van der Waals surface area contributed by atoms with Crippen LogP contribution in [0.15, 0.2) is 158 Å². The van der Waals surface area contributed by atoms with Crippen molar-refractivity contribution in [2.75, 3.05) is 0 Å². The van der Waals surface area contributed by atoms with Crippen LogP contribution < -0.4 is 0 Å². The van der Waals surface area contributed by atoms with E-state index in [0.29, 0.717) is 0 Å². The zero-order valence-corrected chi connectivity index (χ0v) is 22.9. The minimum absolute atomic E-state index is 1.13. The molecule has 42 heavy (non-hydrogen) atoms. The Morgan fingerprint density at radius 1 is 0.333 bits per heavy atom. The van der Waals surface area contributed by atoms with Crippen molar-refractivity contribution in [2.24, 2.45) is 0 Å². The molecule has 0 aliphatic carbocycles. The molecule has 0 aliphatic rings. The highest BCUT2D eigenvalue weighted by Gasteiger charge is 2.16. The summed E-state index contributed by atoms with van der Waals surface area (Å²) in [5.41, 5.74) is 9.57. The highest BCUT2D eigenvalue weighted by Crippen LogP contribution is 2.37. The fourth-order valence-electron chi connectivity index (χ4n) is 6.90. The van der Waals surface area contributed by atoms with Crippen molar-refractivity contribution < 1.29 is 0 Å². The molecule has 0 unspecified atom stereocenters. The number of nitrogens with zero attached hydrogens (tertiary/aromatic N) is 2. The molecule has 0 radical (unpaired) electrons. The van der Waals surface area contributed by atoms with E-state index in [2.05, 4.69) is 167 Å². The molecular weight excluding hydrogens is 508 g/mol. The quantitative estimate of drug-likeness (QED) is 0.209. The van der Waals surface area contributed by atoms with E-state index in [-0.39, 0.29) is 0 Å². The average molecular weight is 535 g/mol. The Hall–Kier alpha value is -5.60. The molecule has 0 fully saturated rings. The van der Waals surface area contributed by atoms with Crippen LogP contribution in [-0.2, 0) is 0 Å². The first kappa shape index (κ1) is 23.1. The van der Waals surface area contributed by atoms with Crippen LogP contribution in [0.4, 0.5) is 0 Å². The number of benzene rings is 7. The summed E-state index contributed by atoms with van der Waals surface area (Å²) in [6, 6.07) is 57.3. The van der Waals surface area contributed by atoms with Gasteiger partial charge >= 0.3 is 0 Å². The molecule has 9 aromatic rings. The second kappa shape index (κ2) is 8.95. The summed E-state index contributed by atoms with van der Waals surface area (Å²) in [5.74, 6) is 0. The molecule has 0 saturated heterocycles. The Morgan fingerprint density at radius 3 is 1.62 bits per heavy atom. The Balaban J connectivity index is 1.43. The van der Waals surface area contributed by atoms with E-state index in [0.717, 1.165) is 11.2 Å². The van der Waals surface area contributed by atoms with Gasteiger partial charge in [0.1, 0.15) is 0 Å². The van der Waals surface area contributed by atoms with Gasteiger partial charge in [0.05, 0.1) is 27.6 Å². The van der Waals surface area contributed by atoms with Gasteiger partial charge in [0.25, 0.3) is 0 Å². The Bertz CT molecular complexity index is 2500. The largest absolute Gasteiger partial charge is 0.308 e. The molecule has 0 spiro atoms. The lowest BCUT2D eigenvalue weighted by Crippen LogP contribution is -2.01. The number of para-hydroxylation sites is 5. The maximum Gasteiger partial charge on any atom is 0.0703 e. The number of rotatable bonds is 2. The van der Waals surface area contributed by atoms with Gasteiger partial charge in [0.2, 0.25) is 0 Å². The van der Waals surface area contributed by atoms with Gasteiger partial charge in [-0.1, -0.05) is 121 Å². The Kier molecular flexibility index (Phi) is 4.93. The van der Waals surface area contributed by atoms with Gasteiger partial charge in [-0.2, -0.15) is 0 Å². The van der Waals surface area contributed by atoms with Crippen LogP contribution >= 0.6 is 0 Å². The van der Waals surface area contributed by atoms with Gasteiger partial charge < -0.3 is 8.97 Å². The SMILES string of the molecule is c1ccc2c(-c3ccc(-n4c5ccccc5c5cccc6c7ccccc7n(c7ccccc74)c56)cc3)cccc2c1. The van der Waals surface area contributed by atoms with Crippen molar-refractivity contribution in [3.05, 3.63) is 158 Å². The molecule has 0 atom stereocenters. The van der Waals surface area contributed by atoms with Crippen LogP contribution in [0.3, 0.4) is 0 Å². The van der Waals surface area contributed by atoms with E-state index in [4.69, 9.17) is 0 Å².